The van der Waals surface area contributed by atoms with E-state index in [2.05, 4.69) is 17.6 Å². The first-order valence-electron chi connectivity index (χ1n) is 7.73. The number of carbonyl (C=O) groups excluding carboxylic acids is 2. The molecule has 0 saturated heterocycles. The average molecular weight is 286 g/mol. The van der Waals surface area contributed by atoms with Gasteiger partial charge in [-0.3, -0.25) is 9.59 Å². The predicted molar refractivity (Wildman–Crippen MR) is 80.5 cm³/mol. The molecule has 0 aromatic rings. The summed E-state index contributed by atoms with van der Waals surface area (Å²) in [5.74, 6) is 0.108. The van der Waals surface area contributed by atoms with Crippen LogP contribution in [0.5, 0.6) is 0 Å². The van der Waals surface area contributed by atoms with E-state index in [-0.39, 0.29) is 11.8 Å². The molecule has 0 heterocycles. The van der Waals surface area contributed by atoms with Crippen LogP contribution in [0.2, 0.25) is 0 Å². The Morgan fingerprint density at radius 2 is 1.45 bits per heavy atom. The molecule has 2 N–H and O–H groups in total. The summed E-state index contributed by atoms with van der Waals surface area (Å²) in [6.45, 7) is 3.82. The molecule has 0 bridgehead atoms. The maximum Gasteiger partial charge on any atom is 0.220 e. The summed E-state index contributed by atoms with van der Waals surface area (Å²) in [6, 6.07) is 0. The van der Waals surface area contributed by atoms with Crippen molar-refractivity contribution in [3.05, 3.63) is 0 Å². The van der Waals surface area contributed by atoms with Gasteiger partial charge >= 0.3 is 0 Å². The Hall–Kier alpha value is -1.10. The van der Waals surface area contributed by atoms with Crippen molar-refractivity contribution in [3.63, 3.8) is 0 Å². The van der Waals surface area contributed by atoms with Gasteiger partial charge in [0.25, 0.3) is 0 Å². The van der Waals surface area contributed by atoms with Gasteiger partial charge in [-0.05, 0) is 12.8 Å². The van der Waals surface area contributed by atoms with Crippen LogP contribution in [0.3, 0.4) is 0 Å². The summed E-state index contributed by atoms with van der Waals surface area (Å²) < 4.78 is 4.84. The molecule has 0 aliphatic heterocycles. The minimum absolute atomic E-state index is 0.0101. The van der Waals surface area contributed by atoms with E-state index < -0.39 is 0 Å². The fourth-order valence-electron chi connectivity index (χ4n) is 1.84. The molecule has 0 unspecified atom stereocenters. The van der Waals surface area contributed by atoms with E-state index in [9.17, 15) is 9.59 Å². The average Bonchev–Trinajstić information content (AvgIpc) is 2.44. The Morgan fingerprint density at radius 1 is 0.850 bits per heavy atom. The molecule has 0 fully saturated rings. The van der Waals surface area contributed by atoms with Crippen molar-refractivity contribution in [2.24, 2.45) is 0 Å². The van der Waals surface area contributed by atoms with E-state index >= 15 is 0 Å². The molecule has 0 saturated carbocycles. The highest BCUT2D eigenvalue weighted by atomic mass is 16.5. The normalized spacial score (nSPS) is 10.3. The third-order valence-electron chi connectivity index (χ3n) is 3.04. The molecule has 0 rings (SSSR count). The van der Waals surface area contributed by atoms with Crippen molar-refractivity contribution in [3.8, 4) is 0 Å². The summed E-state index contributed by atoms with van der Waals surface area (Å²) in [6.07, 6.45) is 7.50. The first-order valence-corrected chi connectivity index (χ1v) is 7.73. The maximum absolute atomic E-state index is 11.5. The molecular formula is C15H30N2O3. The minimum Gasteiger partial charge on any atom is -0.383 e. The standard InChI is InChI=1S/C15H30N2O3/c1-3-4-5-6-7-9-14(18)16-11-8-10-15(19)17-12-13-20-2/h3-13H2,1-2H3,(H,16,18)(H,17,19). The second-order valence-corrected chi connectivity index (χ2v) is 4.96. The smallest absolute Gasteiger partial charge is 0.220 e. The summed E-state index contributed by atoms with van der Waals surface area (Å²) in [4.78, 5) is 22.9. The molecule has 0 aliphatic rings. The second kappa shape index (κ2) is 14.3. The largest absolute Gasteiger partial charge is 0.383 e. The number of hydrogen-bond acceptors (Lipinski definition) is 3. The Kier molecular flexibility index (Phi) is 13.5. The van der Waals surface area contributed by atoms with Gasteiger partial charge in [0.2, 0.25) is 11.8 Å². The monoisotopic (exact) mass is 286 g/mol. The first-order chi connectivity index (χ1) is 9.70. The number of nitrogens with one attached hydrogen (secondary N) is 2. The lowest BCUT2D eigenvalue weighted by Gasteiger charge is -2.06. The summed E-state index contributed by atoms with van der Waals surface area (Å²) in [5.41, 5.74) is 0. The van der Waals surface area contributed by atoms with Gasteiger partial charge in [0.15, 0.2) is 0 Å². The van der Waals surface area contributed by atoms with Gasteiger partial charge in [0.1, 0.15) is 0 Å². The Bertz CT molecular complexity index is 258. The third-order valence-corrected chi connectivity index (χ3v) is 3.04. The van der Waals surface area contributed by atoms with Gasteiger partial charge in [0, 0.05) is 33.0 Å². The molecule has 0 radical (unpaired) electrons. The molecule has 5 heteroatoms. The SMILES string of the molecule is CCCCCCCC(=O)NCCCC(=O)NCCOC. The van der Waals surface area contributed by atoms with Gasteiger partial charge in [-0.1, -0.05) is 32.6 Å². The van der Waals surface area contributed by atoms with Gasteiger partial charge in [-0.2, -0.15) is 0 Å². The molecular weight excluding hydrogens is 256 g/mol. The first kappa shape index (κ1) is 18.9. The van der Waals surface area contributed by atoms with Crippen LogP contribution in [-0.2, 0) is 14.3 Å². The molecule has 0 atom stereocenters. The van der Waals surface area contributed by atoms with Crippen LogP contribution in [0.25, 0.3) is 0 Å². The van der Waals surface area contributed by atoms with Crippen LogP contribution in [0, 0.1) is 0 Å². The highest BCUT2D eigenvalue weighted by Gasteiger charge is 2.03. The van der Waals surface area contributed by atoms with E-state index in [4.69, 9.17) is 4.74 Å². The van der Waals surface area contributed by atoms with E-state index in [1.165, 1.54) is 19.3 Å². The Labute approximate surface area is 122 Å². The fraction of sp³-hybridized carbons (Fsp3) is 0.867. The van der Waals surface area contributed by atoms with Gasteiger partial charge < -0.3 is 15.4 Å². The van der Waals surface area contributed by atoms with Gasteiger partial charge in [-0.25, -0.2) is 0 Å². The lowest BCUT2D eigenvalue weighted by atomic mass is 10.1. The number of ether oxygens (including phenoxy) is 1. The van der Waals surface area contributed by atoms with E-state index in [1.54, 1.807) is 7.11 Å². The third kappa shape index (κ3) is 13.3. The highest BCUT2D eigenvalue weighted by molar-refractivity contribution is 5.77. The summed E-state index contributed by atoms with van der Waals surface area (Å²) >= 11 is 0. The van der Waals surface area contributed by atoms with E-state index in [1.807, 2.05) is 0 Å². The molecule has 0 spiro atoms. The van der Waals surface area contributed by atoms with Crippen LogP contribution < -0.4 is 10.6 Å². The number of unbranched alkanes of at least 4 members (excludes halogenated alkanes) is 4. The van der Waals surface area contributed by atoms with Gasteiger partial charge in [-0.15, -0.1) is 0 Å². The van der Waals surface area contributed by atoms with Crippen LogP contribution >= 0.6 is 0 Å². The zero-order valence-electron chi connectivity index (χ0n) is 13.0. The summed E-state index contributed by atoms with van der Waals surface area (Å²) in [5, 5.41) is 5.60. The van der Waals surface area contributed by atoms with Gasteiger partial charge in [0.05, 0.1) is 6.61 Å². The number of methoxy groups -OCH3 is 1. The van der Waals surface area contributed by atoms with E-state index in [0.717, 1.165) is 12.8 Å². The second-order valence-electron chi connectivity index (χ2n) is 4.96. The topological polar surface area (TPSA) is 67.4 Å². The molecule has 0 aliphatic carbocycles. The lowest BCUT2D eigenvalue weighted by molar-refractivity contribution is -0.123. The number of amides is 2. The Balaban J connectivity index is 3.32. The molecule has 5 nitrogen and oxygen atoms in total. The number of hydrogen-bond donors (Lipinski definition) is 2. The van der Waals surface area contributed by atoms with Crippen LogP contribution in [0.15, 0.2) is 0 Å². The number of carbonyl (C=O) groups is 2. The van der Waals surface area contributed by atoms with Crippen LogP contribution in [0.4, 0.5) is 0 Å². The predicted octanol–water partition coefficient (Wildman–Crippen LogP) is 2.01. The highest BCUT2D eigenvalue weighted by Crippen LogP contribution is 2.04. The fourth-order valence-corrected chi connectivity index (χ4v) is 1.84. The zero-order valence-corrected chi connectivity index (χ0v) is 13.0. The minimum atomic E-state index is 0.0101. The number of rotatable bonds is 13. The molecule has 2 amide bonds. The molecule has 0 aromatic heterocycles. The zero-order chi connectivity index (χ0) is 15.1. The van der Waals surface area contributed by atoms with E-state index in [0.29, 0.717) is 39.0 Å². The van der Waals surface area contributed by atoms with Crippen molar-refractivity contribution in [1.82, 2.24) is 10.6 Å². The van der Waals surface area contributed by atoms with Crippen molar-refractivity contribution in [2.45, 2.75) is 58.3 Å². The van der Waals surface area contributed by atoms with Crippen molar-refractivity contribution in [1.29, 1.82) is 0 Å². The van der Waals surface area contributed by atoms with Crippen molar-refractivity contribution in [2.75, 3.05) is 26.8 Å². The molecule has 20 heavy (non-hydrogen) atoms. The van der Waals surface area contributed by atoms with Crippen molar-refractivity contribution < 1.29 is 14.3 Å². The maximum atomic E-state index is 11.5. The summed E-state index contributed by atoms with van der Waals surface area (Å²) in [7, 11) is 1.60. The van der Waals surface area contributed by atoms with Crippen molar-refractivity contribution >= 4 is 11.8 Å². The molecule has 118 valence electrons. The van der Waals surface area contributed by atoms with Crippen LogP contribution in [0.1, 0.15) is 58.3 Å². The Morgan fingerprint density at radius 3 is 2.10 bits per heavy atom. The molecule has 0 aromatic carbocycles. The quantitative estimate of drug-likeness (QED) is 0.509. The van der Waals surface area contributed by atoms with Crippen LogP contribution in [-0.4, -0.2) is 38.6 Å². The lowest BCUT2D eigenvalue weighted by Crippen LogP contribution is -2.29.